The highest BCUT2D eigenvalue weighted by molar-refractivity contribution is 6.39. The van der Waals surface area contributed by atoms with Gasteiger partial charge in [0, 0.05) is 13.0 Å². The van der Waals surface area contributed by atoms with Crippen molar-refractivity contribution in [2.75, 3.05) is 12.3 Å². The summed E-state index contributed by atoms with van der Waals surface area (Å²) in [6.45, 7) is 1.92. The highest BCUT2D eigenvalue weighted by atomic mass is 35.5. The van der Waals surface area contributed by atoms with Crippen LogP contribution in [0.15, 0.2) is 0 Å². The molecule has 1 aromatic rings. The largest absolute Gasteiger partial charge is 0.478 e. The Morgan fingerprint density at radius 3 is 2.82 bits per heavy atom. The molecule has 0 amide bonds. The van der Waals surface area contributed by atoms with Gasteiger partial charge in [-0.2, -0.15) is 9.37 Å². The third kappa shape index (κ3) is 3.37. The van der Waals surface area contributed by atoms with Crippen LogP contribution in [0.4, 0.5) is 10.1 Å². The van der Waals surface area contributed by atoms with Gasteiger partial charge in [0.15, 0.2) is 0 Å². The van der Waals surface area contributed by atoms with Crippen LogP contribution in [0.3, 0.4) is 0 Å². The Kier molecular flexibility index (Phi) is 4.99. The number of hydrogen-bond acceptors (Lipinski definition) is 5. The summed E-state index contributed by atoms with van der Waals surface area (Å²) in [5.74, 6) is -2.73. The number of nitrogen functional groups attached to an aromatic ring is 1. The molecule has 122 valence electrons. The van der Waals surface area contributed by atoms with Crippen molar-refractivity contribution in [2.45, 2.75) is 37.9 Å². The van der Waals surface area contributed by atoms with Crippen LogP contribution in [0.2, 0.25) is 10.0 Å². The highest BCUT2D eigenvalue weighted by Gasteiger charge is 2.41. The van der Waals surface area contributed by atoms with Crippen molar-refractivity contribution >= 4 is 34.9 Å². The van der Waals surface area contributed by atoms with Crippen molar-refractivity contribution < 1.29 is 23.8 Å². The van der Waals surface area contributed by atoms with Crippen molar-refractivity contribution in [3.05, 3.63) is 16.0 Å². The minimum Gasteiger partial charge on any atom is -0.478 e. The quantitative estimate of drug-likeness (QED) is 0.791. The topological polar surface area (TPSA) is 94.7 Å². The fourth-order valence-electron chi connectivity index (χ4n) is 2.20. The molecule has 1 aromatic heterocycles. The van der Waals surface area contributed by atoms with Gasteiger partial charge < -0.3 is 20.3 Å². The maximum absolute atomic E-state index is 13.6. The molecular formula is C13H15Cl2FN2O4. The van der Waals surface area contributed by atoms with E-state index in [4.69, 9.17) is 38.4 Å². The maximum atomic E-state index is 13.6. The summed E-state index contributed by atoms with van der Waals surface area (Å²) in [7, 11) is 0. The lowest BCUT2D eigenvalue weighted by molar-refractivity contribution is -0.156. The lowest BCUT2D eigenvalue weighted by Gasteiger charge is -2.28. The molecular weight excluding hydrogens is 338 g/mol. The number of carboxylic acids is 1. The number of aromatic nitrogens is 1. The van der Waals surface area contributed by atoms with Crippen LogP contribution >= 0.6 is 23.2 Å². The van der Waals surface area contributed by atoms with E-state index in [9.17, 15) is 14.3 Å². The van der Waals surface area contributed by atoms with Crippen LogP contribution in [0.25, 0.3) is 0 Å². The number of nitrogens with zero attached hydrogens (tertiary/aromatic N) is 1. The molecule has 2 heterocycles. The van der Waals surface area contributed by atoms with Gasteiger partial charge in [-0.15, -0.1) is 0 Å². The van der Waals surface area contributed by atoms with E-state index >= 15 is 0 Å². The number of ether oxygens (including phenoxy) is 2. The second-order valence-electron chi connectivity index (χ2n) is 5.23. The second kappa shape index (κ2) is 6.44. The van der Waals surface area contributed by atoms with Gasteiger partial charge in [0.05, 0.1) is 11.8 Å². The fourth-order valence-corrected chi connectivity index (χ4v) is 2.56. The van der Waals surface area contributed by atoms with Gasteiger partial charge in [-0.1, -0.05) is 23.2 Å². The predicted molar refractivity (Wildman–Crippen MR) is 78.9 cm³/mol. The Hall–Kier alpha value is -1.31. The van der Waals surface area contributed by atoms with Crippen molar-refractivity contribution in [1.29, 1.82) is 0 Å². The van der Waals surface area contributed by atoms with Gasteiger partial charge in [-0.05, 0) is 19.8 Å². The minimum absolute atomic E-state index is 0.0739. The summed E-state index contributed by atoms with van der Waals surface area (Å²) in [6, 6.07) is 0. The summed E-state index contributed by atoms with van der Waals surface area (Å²) in [5, 5.41) is 8.77. The zero-order valence-electron chi connectivity index (χ0n) is 11.7. The molecule has 0 spiro atoms. The van der Waals surface area contributed by atoms with Gasteiger partial charge in [-0.25, -0.2) is 4.79 Å². The molecule has 2 unspecified atom stereocenters. The van der Waals surface area contributed by atoms with E-state index < -0.39 is 28.4 Å². The van der Waals surface area contributed by atoms with Gasteiger partial charge in [-0.3, -0.25) is 0 Å². The Bertz CT molecular complexity index is 596. The normalized spacial score (nSPS) is 20.6. The average Bonchev–Trinajstić information content (AvgIpc) is 2.95. The molecule has 1 aliphatic rings. The highest BCUT2D eigenvalue weighted by Crippen LogP contribution is 2.38. The number of carboxylic acid groups (broad SMARTS) is 1. The number of nitrogens with two attached hydrogens (primary N) is 1. The number of hydrogen-bond donors (Lipinski definition) is 2. The Balaban J connectivity index is 2.29. The van der Waals surface area contributed by atoms with Crippen molar-refractivity contribution in [1.82, 2.24) is 4.98 Å². The number of aliphatic carboxylic acids is 1. The fraction of sp³-hybridized carbons (Fsp3) is 0.538. The molecule has 1 fully saturated rings. The molecule has 0 aliphatic carbocycles. The summed E-state index contributed by atoms with van der Waals surface area (Å²) in [6.07, 6.45) is 1.39. The lowest BCUT2D eigenvalue weighted by Crippen LogP contribution is -2.44. The molecule has 0 aromatic carbocycles. The number of halogens is 3. The van der Waals surface area contributed by atoms with Crippen LogP contribution in [-0.2, 0) is 9.53 Å². The van der Waals surface area contributed by atoms with Gasteiger partial charge in [0.2, 0.25) is 17.4 Å². The monoisotopic (exact) mass is 352 g/mol. The summed E-state index contributed by atoms with van der Waals surface area (Å²) >= 11 is 11.5. The Morgan fingerprint density at radius 2 is 2.27 bits per heavy atom. The third-order valence-corrected chi connectivity index (χ3v) is 4.18. The van der Waals surface area contributed by atoms with Crippen LogP contribution in [-0.4, -0.2) is 34.4 Å². The molecule has 0 bridgehead atoms. The molecule has 2 rings (SSSR count). The van der Waals surface area contributed by atoms with Crippen molar-refractivity contribution in [2.24, 2.45) is 0 Å². The van der Waals surface area contributed by atoms with E-state index in [1.165, 1.54) is 6.92 Å². The van der Waals surface area contributed by atoms with Crippen LogP contribution in [0.1, 0.15) is 26.2 Å². The van der Waals surface area contributed by atoms with E-state index in [-0.39, 0.29) is 23.2 Å². The van der Waals surface area contributed by atoms with E-state index in [1.54, 1.807) is 0 Å². The zero-order chi connectivity index (χ0) is 16.5. The molecule has 1 aliphatic heterocycles. The Morgan fingerprint density at radius 1 is 1.59 bits per heavy atom. The van der Waals surface area contributed by atoms with E-state index in [0.717, 1.165) is 12.8 Å². The number of pyridine rings is 1. The molecule has 1 saturated heterocycles. The van der Waals surface area contributed by atoms with Crippen LogP contribution in [0.5, 0.6) is 5.88 Å². The maximum Gasteiger partial charge on any atom is 0.347 e. The molecule has 9 heteroatoms. The molecule has 6 nitrogen and oxygen atoms in total. The van der Waals surface area contributed by atoms with Crippen molar-refractivity contribution in [3.8, 4) is 5.88 Å². The van der Waals surface area contributed by atoms with E-state index in [0.29, 0.717) is 6.61 Å². The SMILES string of the molecule is CC(CC1CCCO1)(Oc1nc(F)c(Cl)c(N)c1Cl)C(=O)O. The van der Waals surface area contributed by atoms with Crippen molar-refractivity contribution in [3.63, 3.8) is 0 Å². The summed E-state index contributed by atoms with van der Waals surface area (Å²) in [4.78, 5) is 15.0. The van der Waals surface area contributed by atoms with E-state index in [2.05, 4.69) is 4.98 Å². The smallest absolute Gasteiger partial charge is 0.347 e. The molecule has 0 saturated carbocycles. The van der Waals surface area contributed by atoms with Crippen LogP contribution < -0.4 is 10.5 Å². The minimum atomic E-state index is -1.68. The third-order valence-electron chi connectivity index (χ3n) is 3.46. The Labute approximate surface area is 136 Å². The predicted octanol–water partition coefficient (Wildman–Crippen LogP) is 2.90. The molecule has 3 N–H and O–H groups in total. The lowest BCUT2D eigenvalue weighted by atomic mass is 9.97. The van der Waals surface area contributed by atoms with Gasteiger partial charge in [0.1, 0.15) is 10.0 Å². The summed E-state index contributed by atoms with van der Waals surface area (Å²) in [5.41, 5.74) is 3.61. The molecule has 0 radical (unpaired) electrons. The first-order valence-electron chi connectivity index (χ1n) is 6.58. The van der Waals surface area contributed by atoms with E-state index in [1.807, 2.05) is 0 Å². The summed E-state index contributed by atoms with van der Waals surface area (Å²) < 4.78 is 24.4. The van der Waals surface area contributed by atoms with Crippen LogP contribution in [0, 0.1) is 5.95 Å². The van der Waals surface area contributed by atoms with Gasteiger partial charge >= 0.3 is 5.97 Å². The number of rotatable bonds is 5. The second-order valence-corrected chi connectivity index (χ2v) is 5.98. The van der Waals surface area contributed by atoms with Gasteiger partial charge in [0.25, 0.3) is 0 Å². The zero-order valence-corrected chi connectivity index (χ0v) is 13.2. The molecule has 22 heavy (non-hydrogen) atoms. The standard InChI is InChI=1S/C13H15Cl2FN2O4/c1-13(12(19)20,5-6-3-2-4-21-6)22-11-8(15)9(17)7(14)10(16)18-11/h6H,2-5H2,1H3,(H2,17,18)(H,19,20). The first kappa shape index (κ1) is 17.1. The first-order chi connectivity index (χ1) is 10.2. The number of carbonyl (C=O) groups is 1. The first-order valence-corrected chi connectivity index (χ1v) is 7.34. The average molecular weight is 353 g/mol. The molecule has 2 atom stereocenters. The number of anilines is 1.